The number of benzene rings is 4. The van der Waals surface area contributed by atoms with Gasteiger partial charge in [-0.1, -0.05) is 200 Å². The second kappa shape index (κ2) is 42.0. The minimum Gasteiger partial charge on any atom is -0.455 e. The smallest absolute Gasteiger partial charge is 0.338 e. The summed E-state index contributed by atoms with van der Waals surface area (Å²) in [7, 11) is 0. The van der Waals surface area contributed by atoms with E-state index in [1.807, 2.05) is 128 Å². The molecule has 0 radical (unpaired) electrons. The van der Waals surface area contributed by atoms with Crippen molar-refractivity contribution in [3.63, 3.8) is 0 Å². The van der Waals surface area contributed by atoms with E-state index in [0.717, 1.165) is 152 Å². The summed E-state index contributed by atoms with van der Waals surface area (Å²) in [5.41, 5.74) is 9.22. The number of hydrogen-bond acceptors (Lipinski definition) is 6. The van der Waals surface area contributed by atoms with E-state index in [1.54, 1.807) is 35.8 Å². The van der Waals surface area contributed by atoms with Gasteiger partial charge in [-0.3, -0.25) is 0 Å². The highest BCUT2D eigenvalue weighted by atomic mass is 16.6. The summed E-state index contributed by atoms with van der Waals surface area (Å²) in [6.07, 6.45) is 52.8. The number of aryl methyl sites for hydroxylation is 3. The third-order valence-electron chi connectivity index (χ3n) is 30.8. The second-order valence-electron chi connectivity index (χ2n) is 38.8. The van der Waals surface area contributed by atoms with Gasteiger partial charge in [0.15, 0.2) is 0 Å². The van der Waals surface area contributed by atoms with Crippen LogP contribution in [0.4, 0.5) is 0 Å². The second-order valence-corrected chi connectivity index (χ2v) is 38.8. The van der Waals surface area contributed by atoms with Crippen LogP contribution in [0, 0.1) is 127 Å². The molecule has 3 atom stereocenters. The molecule has 23 aliphatic carbocycles. The maximum absolute atomic E-state index is 12.4. The molecular formula is C104H168O6. The Morgan fingerprint density at radius 3 is 1.05 bits per heavy atom. The molecule has 4 N–H and O–H groups in total. The molecule has 620 valence electrons. The lowest BCUT2D eigenvalue weighted by Crippen LogP contribution is -2.52. The lowest BCUT2D eigenvalue weighted by Gasteiger charge is -2.57. The van der Waals surface area contributed by atoms with E-state index < -0.39 is 0 Å². The average molecular weight is 1510 g/mol. The van der Waals surface area contributed by atoms with Crippen molar-refractivity contribution in [1.29, 1.82) is 0 Å². The number of carbonyl (C=O) groups excluding carboxylic acids is 1. The number of hydrogen-bond donors (Lipinski definition) is 4. The monoisotopic (exact) mass is 1510 g/mol. The molecule has 0 aliphatic heterocycles. The van der Waals surface area contributed by atoms with E-state index in [4.69, 9.17) is 9.84 Å². The SMILES string of the molecule is CC.CC.CC.CC.CC.CC.CC.Cc1ccc(C(=O)OC23CC4CC(CC(C4)C2)C3)cc1.Cc1ccc(C23CC4CC(CC(C4)C2)C3)c2ccccc12.Cc1ccc(C23CC4CC(CC(C4)C2)C3)cc1.OC12CC3CC(CC(C3)C1)C2.OC1CC2CCC1C2.OC1CCCCC1.OCC12CC3CC(CC(C3)C1)C2. The quantitative estimate of drug-likeness (QED) is 0.148. The lowest BCUT2D eigenvalue weighted by molar-refractivity contribution is -0.131. The van der Waals surface area contributed by atoms with Crippen molar-refractivity contribution in [3.8, 4) is 0 Å². The Kier molecular flexibility index (Phi) is 34.5. The van der Waals surface area contributed by atoms with Crippen molar-refractivity contribution < 1.29 is 30.0 Å². The van der Waals surface area contributed by atoms with E-state index in [0.29, 0.717) is 34.3 Å². The number of ether oxygens (including phenoxy) is 1. The van der Waals surface area contributed by atoms with Crippen LogP contribution in [0.5, 0.6) is 0 Å². The molecule has 23 saturated carbocycles. The summed E-state index contributed by atoms with van der Waals surface area (Å²) in [6.45, 7) is 35.0. The molecule has 22 bridgehead atoms. The van der Waals surface area contributed by atoms with Crippen molar-refractivity contribution in [3.05, 3.63) is 118 Å². The van der Waals surface area contributed by atoms with Crippen molar-refractivity contribution in [2.24, 2.45) is 106 Å². The molecule has 6 nitrogen and oxygen atoms in total. The summed E-state index contributed by atoms with van der Waals surface area (Å²) < 4.78 is 6.04. The van der Waals surface area contributed by atoms with Crippen LogP contribution in [0.1, 0.15) is 386 Å². The number of rotatable bonds is 5. The first kappa shape index (κ1) is 90.4. The van der Waals surface area contributed by atoms with Gasteiger partial charge in [0.25, 0.3) is 0 Å². The molecule has 6 heteroatoms. The molecule has 4 aromatic carbocycles. The molecule has 23 fully saturated rings. The van der Waals surface area contributed by atoms with E-state index in [1.165, 1.54) is 195 Å². The van der Waals surface area contributed by atoms with Crippen molar-refractivity contribution >= 4 is 16.7 Å². The lowest BCUT2D eigenvalue weighted by atomic mass is 9.47. The molecule has 0 amide bonds. The van der Waals surface area contributed by atoms with Gasteiger partial charge in [-0.25, -0.2) is 4.79 Å². The van der Waals surface area contributed by atoms with Crippen LogP contribution in [0.2, 0.25) is 0 Å². The van der Waals surface area contributed by atoms with Gasteiger partial charge < -0.3 is 25.2 Å². The number of esters is 1. The van der Waals surface area contributed by atoms with Crippen LogP contribution in [0.3, 0.4) is 0 Å². The third-order valence-corrected chi connectivity index (χ3v) is 30.8. The maximum atomic E-state index is 12.4. The zero-order valence-corrected chi connectivity index (χ0v) is 73.9. The molecule has 4 aromatic rings. The highest BCUT2D eigenvalue weighted by Gasteiger charge is 2.56. The molecule has 0 heterocycles. The summed E-state index contributed by atoms with van der Waals surface area (Å²) in [5, 5.41) is 40.7. The predicted octanol–water partition coefficient (Wildman–Crippen LogP) is 28.0. The van der Waals surface area contributed by atoms with Crippen LogP contribution in [0.15, 0.2) is 84.9 Å². The van der Waals surface area contributed by atoms with Crippen LogP contribution in [-0.4, -0.2) is 56.4 Å². The number of aliphatic hydroxyl groups excluding tert-OH is 3. The van der Waals surface area contributed by atoms with Crippen LogP contribution in [-0.2, 0) is 15.6 Å². The molecule has 0 spiro atoms. The molecule has 110 heavy (non-hydrogen) atoms. The Bertz CT molecular complexity index is 3130. The number of aliphatic hydroxyl groups is 4. The average Bonchev–Trinajstić information content (AvgIpc) is 0.787. The van der Waals surface area contributed by atoms with Crippen molar-refractivity contribution in [2.45, 2.75) is 402 Å². The fourth-order valence-electron chi connectivity index (χ4n) is 28.7. The first-order valence-electron chi connectivity index (χ1n) is 47.9. The van der Waals surface area contributed by atoms with E-state index in [9.17, 15) is 20.1 Å². The van der Waals surface area contributed by atoms with Gasteiger partial charge in [-0.05, 0) is 408 Å². The van der Waals surface area contributed by atoms with Crippen LogP contribution < -0.4 is 0 Å². The minimum absolute atomic E-state index is 0.0359. The van der Waals surface area contributed by atoms with Gasteiger partial charge in [0.2, 0.25) is 0 Å². The fourth-order valence-corrected chi connectivity index (χ4v) is 28.7. The molecule has 0 saturated heterocycles. The normalized spacial score (nSPS) is 38.7. The van der Waals surface area contributed by atoms with Crippen LogP contribution in [0.25, 0.3) is 10.8 Å². The van der Waals surface area contributed by atoms with E-state index >= 15 is 0 Å². The van der Waals surface area contributed by atoms with Crippen molar-refractivity contribution in [1.82, 2.24) is 0 Å². The summed E-state index contributed by atoms with van der Waals surface area (Å²) in [5.74, 6) is 15.8. The minimum atomic E-state index is -0.200. The third kappa shape index (κ3) is 22.2. The zero-order valence-electron chi connectivity index (χ0n) is 73.9. The largest absolute Gasteiger partial charge is 0.455 e. The molecule has 23 aliphatic rings. The predicted molar refractivity (Wildman–Crippen MR) is 468 cm³/mol. The van der Waals surface area contributed by atoms with Gasteiger partial charge in [0.1, 0.15) is 5.60 Å². The molecule has 27 rings (SSSR count). The van der Waals surface area contributed by atoms with Gasteiger partial charge in [-0.2, -0.15) is 0 Å². The molecule has 0 aromatic heterocycles. The number of carbonyl (C=O) groups is 1. The maximum Gasteiger partial charge on any atom is 0.338 e. The van der Waals surface area contributed by atoms with Gasteiger partial charge >= 0.3 is 5.97 Å². The Labute approximate surface area is 676 Å². The Balaban J connectivity index is 0.000000147. The first-order chi connectivity index (χ1) is 53.4. The molecule has 3 unspecified atom stereocenters. The highest BCUT2D eigenvalue weighted by Crippen LogP contribution is 2.64. The standard InChI is InChI=1S/C21H24.C18H22O2.C17H22.C11H18O.C10H16O.C7H12O.C6H12O.7C2H6/c1-14-6-7-20(19-5-3-2-4-18(14)19)21-11-15-8-16(12-21)10-17(9-15)13-21;1-12-2-4-16(5-3-12)17(19)20-18-9-13-6-14(10-18)8-15(7-13)11-18;1-12-2-4-16(5-3-12)17-9-13-6-14(10-17)8-15(7-13)11-17;12-7-11-4-8-1-9(5-11)3-10(2-8)6-11;11-10-4-7-1-8(5-10)3-9(2-7)6-10;8-7-4-5-1-2-6(7)3-5;7-6-4-2-1-3-5-6;7*1-2/h2-7,15-17H,8-13H2,1H3;2-5,13-15H,6-11H2,1H3;2-5,13-15H,6-11H2,1H3;8-10,12H,1-7H2;7-9,11H,1-6H2;5-8H,1-4H2;6-7H,1-5H2;7*1-2H3. The summed E-state index contributed by atoms with van der Waals surface area (Å²) >= 11 is 0. The van der Waals surface area contributed by atoms with Crippen molar-refractivity contribution in [2.75, 3.05) is 6.61 Å². The van der Waals surface area contributed by atoms with Gasteiger partial charge in [0, 0.05) is 6.61 Å². The zero-order chi connectivity index (χ0) is 79.6. The highest BCUT2D eigenvalue weighted by molar-refractivity contribution is 5.90. The Hall–Kier alpha value is -3.55. The topological polar surface area (TPSA) is 107 Å². The van der Waals surface area contributed by atoms with Gasteiger partial charge in [0.05, 0.1) is 23.4 Å². The summed E-state index contributed by atoms with van der Waals surface area (Å²) in [4.78, 5) is 12.4. The summed E-state index contributed by atoms with van der Waals surface area (Å²) in [6, 6.07) is 31.2. The van der Waals surface area contributed by atoms with E-state index in [-0.39, 0.29) is 29.4 Å². The Morgan fingerprint density at radius 1 is 0.364 bits per heavy atom. The first-order valence-corrected chi connectivity index (χ1v) is 47.9. The van der Waals surface area contributed by atoms with Crippen LogP contribution >= 0.6 is 0 Å². The van der Waals surface area contributed by atoms with Gasteiger partial charge in [-0.15, -0.1) is 0 Å². The Morgan fingerprint density at radius 2 is 0.718 bits per heavy atom. The number of fused-ring (bicyclic) bond motifs is 3. The molecular weight excluding hydrogens is 1350 g/mol. The van der Waals surface area contributed by atoms with E-state index in [2.05, 4.69) is 74.5 Å². The fraction of sp³-hybridized carbons (Fsp3) is 0.779.